The number of nitrogens with zero attached hydrogens (tertiary/aromatic N) is 2. The third kappa shape index (κ3) is 3.82. The van der Waals surface area contributed by atoms with Crippen LogP contribution in [0, 0.1) is 0 Å². The van der Waals surface area contributed by atoms with Gasteiger partial charge in [0.2, 0.25) is 0 Å². The van der Waals surface area contributed by atoms with Crippen LogP contribution in [0.25, 0.3) is 10.9 Å². The SMILES string of the molecule is O=S(=O)(Oc1c(C2CC2)cc(CN2CCCCC2)c2cccnc12)C(F)(F)F. The second-order valence-corrected chi connectivity index (χ2v) is 8.99. The molecule has 9 heteroatoms. The van der Waals surface area contributed by atoms with E-state index in [1.165, 1.54) is 12.6 Å². The Morgan fingerprint density at radius 1 is 1.18 bits per heavy atom. The van der Waals surface area contributed by atoms with E-state index in [4.69, 9.17) is 0 Å². The molecule has 0 unspecified atom stereocenters. The van der Waals surface area contributed by atoms with Crippen molar-refractivity contribution in [3.05, 3.63) is 35.5 Å². The van der Waals surface area contributed by atoms with Crippen LogP contribution in [0.5, 0.6) is 5.75 Å². The number of benzene rings is 1. The summed E-state index contributed by atoms with van der Waals surface area (Å²) < 4.78 is 66.7. The predicted molar refractivity (Wildman–Crippen MR) is 98.4 cm³/mol. The lowest BCUT2D eigenvalue weighted by atomic mass is 9.99. The van der Waals surface area contributed by atoms with Gasteiger partial charge in [0.05, 0.1) is 0 Å². The van der Waals surface area contributed by atoms with Crippen LogP contribution >= 0.6 is 0 Å². The van der Waals surface area contributed by atoms with Crippen molar-refractivity contribution in [3.63, 3.8) is 0 Å². The first kappa shape index (κ1) is 19.4. The highest BCUT2D eigenvalue weighted by Crippen LogP contribution is 2.48. The van der Waals surface area contributed by atoms with E-state index in [1.807, 2.05) is 6.07 Å². The maximum Gasteiger partial charge on any atom is 0.534 e. The average Bonchev–Trinajstić information content (AvgIpc) is 3.48. The third-order valence-corrected chi connectivity index (χ3v) is 6.25. The molecule has 1 aromatic carbocycles. The van der Waals surface area contributed by atoms with Gasteiger partial charge in [-0.05, 0) is 62.4 Å². The van der Waals surface area contributed by atoms with Gasteiger partial charge in [0.25, 0.3) is 0 Å². The number of aromatic nitrogens is 1. The fourth-order valence-corrected chi connectivity index (χ4v) is 4.23. The number of fused-ring (bicyclic) bond motifs is 1. The molecule has 1 aliphatic heterocycles. The van der Waals surface area contributed by atoms with Gasteiger partial charge in [0, 0.05) is 23.7 Å². The second-order valence-electron chi connectivity index (χ2n) is 7.45. The summed E-state index contributed by atoms with van der Waals surface area (Å²) in [5.41, 5.74) is -3.86. The van der Waals surface area contributed by atoms with Crippen molar-refractivity contribution in [1.82, 2.24) is 9.88 Å². The zero-order chi connectivity index (χ0) is 19.9. The minimum Gasteiger partial charge on any atom is -0.373 e. The van der Waals surface area contributed by atoms with Gasteiger partial charge in [-0.3, -0.25) is 9.88 Å². The molecule has 28 heavy (non-hydrogen) atoms. The van der Waals surface area contributed by atoms with Crippen molar-refractivity contribution >= 4 is 21.0 Å². The monoisotopic (exact) mass is 414 g/mol. The first-order valence-electron chi connectivity index (χ1n) is 9.40. The molecule has 5 nitrogen and oxygen atoms in total. The fourth-order valence-electron chi connectivity index (χ4n) is 3.74. The molecule has 0 atom stereocenters. The van der Waals surface area contributed by atoms with Crippen LogP contribution in [0.1, 0.15) is 49.1 Å². The summed E-state index contributed by atoms with van der Waals surface area (Å²) in [6.07, 6.45) is 6.48. The van der Waals surface area contributed by atoms with E-state index in [9.17, 15) is 21.6 Å². The highest BCUT2D eigenvalue weighted by molar-refractivity contribution is 7.88. The number of hydrogen-bond acceptors (Lipinski definition) is 5. The standard InChI is InChI=1S/C19H21F3N2O3S/c20-19(21,22)28(25,26)27-18-16(13-6-7-13)11-14(12-24-9-2-1-3-10-24)15-5-4-8-23-17(15)18/h4-5,8,11,13H,1-3,6-7,9-10,12H2. The van der Waals surface area contributed by atoms with E-state index >= 15 is 0 Å². The Morgan fingerprint density at radius 3 is 2.54 bits per heavy atom. The number of likely N-dealkylation sites (tertiary alicyclic amines) is 1. The van der Waals surface area contributed by atoms with E-state index in [-0.39, 0.29) is 17.2 Å². The summed E-state index contributed by atoms with van der Waals surface area (Å²) >= 11 is 0. The molecule has 0 bridgehead atoms. The lowest BCUT2D eigenvalue weighted by molar-refractivity contribution is -0.0499. The van der Waals surface area contributed by atoms with E-state index in [0.717, 1.165) is 44.3 Å². The molecule has 2 aromatic rings. The number of alkyl halides is 3. The second kappa shape index (κ2) is 7.18. The molecule has 1 saturated carbocycles. The van der Waals surface area contributed by atoms with Gasteiger partial charge in [-0.15, -0.1) is 0 Å². The number of piperidine rings is 1. The Bertz CT molecular complexity index is 982. The zero-order valence-electron chi connectivity index (χ0n) is 15.2. The van der Waals surface area contributed by atoms with Gasteiger partial charge in [-0.2, -0.15) is 21.6 Å². The van der Waals surface area contributed by atoms with E-state index in [2.05, 4.69) is 14.1 Å². The van der Waals surface area contributed by atoms with Crippen LogP contribution in [-0.2, 0) is 16.7 Å². The Labute approximate surface area is 161 Å². The van der Waals surface area contributed by atoms with Gasteiger partial charge >= 0.3 is 15.6 Å². The molecule has 0 N–H and O–H groups in total. The molecular weight excluding hydrogens is 393 g/mol. The highest BCUT2D eigenvalue weighted by Gasteiger charge is 2.49. The average molecular weight is 414 g/mol. The summed E-state index contributed by atoms with van der Waals surface area (Å²) in [7, 11) is -5.76. The molecule has 0 amide bonds. The van der Waals surface area contributed by atoms with Crippen LogP contribution in [0.3, 0.4) is 0 Å². The van der Waals surface area contributed by atoms with Crippen LogP contribution in [-0.4, -0.2) is 36.9 Å². The van der Waals surface area contributed by atoms with Crippen molar-refractivity contribution in [2.75, 3.05) is 13.1 Å². The predicted octanol–water partition coefficient (Wildman–Crippen LogP) is 4.33. The molecule has 2 fully saturated rings. The normalized spacial score (nSPS) is 19.1. The maximum atomic E-state index is 12.9. The van der Waals surface area contributed by atoms with Crippen LogP contribution < -0.4 is 4.18 Å². The Balaban J connectivity index is 1.81. The summed E-state index contributed by atoms with van der Waals surface area (Å²) in [5.74, 6) is -0.275. The van der Waals surface area contributed by atoms with E-state index in [1.54, 1.807) is 12.1 Å². The van der Waals surface area contributed by atoms with Gasteiger partial charge in [-0.25, -0.2) is 0 Å². The topological polar surface area (TPSA) is 59.5 Å². The minimum atomic E-state index is -5.76. The highest BCUT2D eigenvalue weighted by atomic mass is 32.2. The van der Waals surface area contributed by atoms with Gasteiger partial charge in [0.15, 0.2) is 5.75 Å². The van der Waals surface area contributed by atoms with Crippen LogP contribution in [0.2, 0.25) is 0 Å². The quantitative estimate of drug-likeness (QED) is 0.539. The molecule has 1 aromatic heterocycles. The van der Waals surface area contributed by atoms with E-state index < -0.39 is 15.6 Å². The number of rotatable bonds is 5. The molecule has 0 radical (unpaired) electrons. The summed E-state index contributed by atoms with van der Waals surface area (Å²) in [4.78, 5) is 6.51. The third-order valence-electron chi connectivity index (χ3n) is 5.30. The molecule has 152 valence electrons. The van der Waals surface area contributed by atoms with Crippen LogP contribution in [0.4, 0.5) is 13.2 Å². The van der Waals surface area contributed by atoms with Crippen molar-refractivity contribution < 1.29 is 25.8 Å². The summed E-state index contributed by atoms with van der Waals surface area (Å²) in [6.45, 7) is 2.61. The van der Waals surface area contributed by atoms with Crippen molar-refractivity contribution in [2.45, 2.75) is 50.1 Å². The van der Waals surface area contributed by atoms with Crippen molar-refractivity contribution in [1.29, 1.82) is 0 Å². The number of pyridine rings is 1. The zero-order valence-corrected chi connectivity index (χ0v) is 16.0. The minimum absolute atomic E-state index is 0.00458. The first-order valence-corrected chi connectivity index (χ1v) is 10.8. The number of hydrogen-bond donors (Lipinski definition) is 0. The molecule has 2 aliphatic rings. The maximum absolute atomic E-state index is 12.9. The molecular formula is C19H21F3N2O3S. The van der Waals surface area contributed by atoms with E-state index in [0.29, 0.717) is 17.5 Å². The van der Waals surface area contributed by atoms with Crippen molar-refractivity contribution in [2.24, 2.45) is 0 Å². The lowest BCUT2D eigenvalue weighted by Gasteiger charge is -2.27. The van der Waals surface area contributed by atoms with Gasteiger partial charge in [0.1, 0.15) is 5.52 Å². The Morgan fingerprint density at radius 2 is 1.89 bits per heavy atom. The molecule has 0 spiro atoms. The molecule has 1 aliphatic carbocycles. The fraction of sp³-hybridized carbons (Fsp3) is 0.526. The van der Waals surface area contributed by atoms with Gasteiger partial charge < -0.3 is 4.18 Å². The smallest absolute Gasteiger partial charge is 0.373 e. The number of halogens is 3. The molecule has 4 rings (SSSR count). The molecule has 2 heterocycles. The summed E-state index contributed by atoms with van der Waals surface area (Å²) in [6, 6.07) is 5.27. The van der Waals surface area contributed by atoms with Gasteiger partial charge in [-0.1, -0.05) is 12.5 Å². The Hall–Kier alpha value is -1.87. The summed E-state index contributed by atoms with van der Waals surface area (Å²) in [5, 5.41) is 0.629. The first-order chi connectivity index (χ1) is 13.3. The largest absolute Gasteiger partial charge is 0.534 e. The molecule has 1 saturated heterocycles. The Kier molecular flexibility index (Phi) is 4.99. The van der Waals surface area contributed by atoms with Crippen molar-refractivity contribution in [3.8, 4) is 5.75 Å². The van der Waals surface area contributed by atoms with Crippen LogP contribution in [0.15, 0.2) is 24.4 Å². The lowest BCUT2D eigenvalue weighted by Crippen LogP contribution is -2.29.